The lowest BCUT2D eigenvalue weighted by Gasteiger charge is -2.15. The highest BCUT2D eigenvalue weighted by atomic mass is 32.2. The van der Waals surface area contributed by atoms with Gasteiger partial charge in [0.2, 0.25) is 5.96 Å². The molecule has 0 aromatic heterocycles. The summed E-state index contributed by atoms with van der Waals surface area (Å²) in [7, 11) is 1.68. The average Bonchev–Trinajstić information content (AvgIpc) is 2.36. The van der Waals surface area contributed by atoms with Crippen molar-refractivity contribution in [3.63, 3.8) is 0 Å². The first-order chi connectivity index (χ1) is 8.74. The van der Waals surface area contributed by atoms with Crippen LogP contribution in [0.2, 0.25) is 0 Å². The monoisotopic (exact) mass is 276 g/mol. The van der Waals surface area contributed by atoms with Gasteiger partial charge in [0, 0.05) is 19.7 Å². The van der Waals surface area contributed by atoms with Gasteiger partial charge in [-0.1, -0.05) is 12.8 Å². The number of aliphatic imine (C=N–C) groups is 1. The molecule has 5 nitrogen and oxygen atoms in total. The van der Waals surface area contributed by atoms with Crippen LogP contribution in [0.15, 0.2) is 4.99 Å². The quantitative estimate of drug-likeness (QED) is 0.185. The van der Waals surface area contributed by atoms with Crippen LogP contribution in [0.3, 0.4) is 0 Å². The van der Waals surface area contributed by atoms with E-state index in [4.69, 9.17) is 10.6 Å². The van der Waals surface area contributed by atoms with Crippen LogP contribution < -0.4 is 16.6 Å². The number of thioether (sulfide) groups is 1. The van der Waals surface area contributed by atoms with Crippen LogP contribution in [0.25, 0.3) is 0 Å². The smallest absolute Gasteiger partial charge is 0.206 e. The number of nitrogens with one attached hydrogen (secondary N) is 2. The summed E-state index contributed by atoms with van der Waals surface area (Å²) in [4.78, 5) is 4.39. The average molecular weight is 276 g/mol. The van der Waals surface area contributed by atoms with Gasteiger partial charge in [0.05, 0.1) is 6.61 Å². The molecule has 0 bridgehead atoms. The Morgan fingerprint density at radius 2 is 2.06 bits per heavy atom. The second-order valence-electron chi connectivity index (χ2n) is 4.28. The van der Waals surface area contributed by atoms with Crippen LogP contribution in [-0.2, 0) is 4.74 Å². The number of nitrogens with zero attached hydrogens (tertiary/aromatic N) is 1. The van der Waals surface area contributed by atoms with Crippen molar-refractivity contribution in [2.75, 3.05) is 32.3 Å². The fourth-order valence-corrected chi connectivity index (χ4v) is 2.05. The van der Waals surface area contributed by atoms with Crippen LogP contribution in [0.1, 0.15) is 32.6 Å². The predicted octanol–water partition coefficient (Wildman–Crippen LogP) is 1.35. The van der Waals surface area contributed by atoms with E-state index in [0.717, 1.165) is 13.0 Å². The Morgan fingerprint density at radius 3 is 2.67 bits per heavy atom. The molecule has 4 N–H and O–H groups in total. The molecule has 0 heterocycles. The fourth-order valence-electron chi connectivity index (χ4n) is 1.56. The summed E-state index contributed by atoms with van der Waals surface area (Å²) in [6, 6.07) is 0.200. The maximum Gasteiger partial charge on any atom is 0.206 e. The second-order valence-corrected chi connectivity index (χ2v) is 5.27. The molecule has 0 saturated heterocycles. The first kappa shape index (κ1) is 17.5. The van der Waals surface area contributed by atoms with Gasteiger partial charge in [-0.15, -0.1) is 0 Å². The van der Waals surface area contributed by atoms with Crippen LogP contribution >= 0.6 is 11.8 Å². The summed E-state index contributed by atoms with van der Waals surface area (Å²) >= 11 is 1.91. The molecule has 0 amide bonds. The van der Waals surface area contributed by atoms with E-state index in [-0.39, 0.29) is 6.04 Å². The van der Waals surface area contributed by atoms with Crippen LogP contribution in [0, 0.1) is 0 Å². The van der Waals surface area contributed by atoms with Crippen molar-refractivity contribution in [2.24, 2.45) is 10.8 Å². The van der Waals surface area contributed by atoms with Crippen LogP contribution in [-0.4, -0.2) is 44.3 Å². The van der Waals surface area contributed by atoms with Crippen molar-refractivity contribution >= 4 is 17.7 Å². The van der Waals surface area contributed by atoms with Gasteiger partial charge in [-0.3, -0.25) is 10.4 Å². The van der Waals surface area contributed by atoms with Crippen molar-refractivity contribution < 1.29 is 4.74 Å². The third-order valence-electron chi connectivity index (χ3n) is 2.46. The molecule has 0 rings (SSSR count). The zero-order valence-corrected chi connectivity index (χ0v) is 12.7. The molecular formula is C12H28N4OS. The van der Waals surface area contributed by atoms with Gasteiger partial charge in [-0.05, 0) is 31.8 Å². The molecule has 0 saturated carbocycles. The molecule has 0 spiro atoms. The second kappa shape index (κ2) is 13.0. The topological polar surface area (TPSA) is 71.7 Å². The Labute approximate surface area is 115 Å². The fraction of sp³-hybridized carbons (Fsp3) is 0.917. The number of guanidine groups is 1. The molecule has 1 unspecified atom stereocenters. The van der Waals surface area contributed by atoms with E-state index in [1.54, 1.807) is 7.11 Å². The minimum Gasteiger partial charge on any atom is -0.383 e. The maximum atomic E-state index is 5.41. The van der Waals surface area contributed by atoms with Gasteiger partial charge in [-0.25, -0.2) is 5.84 Å². The molecule has 1 atom stereocenters. The Kier molecular flexibility index (Phi) is 12.7. The lowest BCUT2D eigenvalue weighted by atomic mass is 10.2. The van der Waals surface area contributed by atoms with Crippen molar-refractivity contribution in [3.8, 4) is 0 Å². The van der Waals surface area contributed by atoms with Crippen molar-refractivity contribution in [3.05, 3.63) is 0 Å². The van der Waals surface area contributed by atoms with E-state index in [0.29, 0.717) is 12.6 Å². The van der Waals surface area contributed by atoms with Crippen LogP contribution in [0.4, 0.5) is 0 Å². The molecule has 6 heteroatoms. The molecule has 0 aliphatic rings. The van der Waals surface area contributed by atoms with Gasteiger partial charge >= 0.3 is 0 Å². The lowest BCUT2D eigenvalue weighted by molar-refractivity contribution is 0.179. The van der Waals surface area contributed by atoms with Crippen molar-refractivity contribution in [1.29, 1.82) is 0 Å². The van der Waals surface area contributed by atoms with Gasteiger partial charge < -0.3 is 10.1 Å². The minimum atomic E-state index is 0.200. The predicted molar refractivity (Wildman–Crippen MR) is 80.9 cm³/mol. The number of rotatable bonds is 10. The number of hydrogen-bond acceptors (Lipinski definition) is 4. The van der Waals surface area contributed by atoms with Crippen LogP contribution in [0.5, 0.6) is 0 Å². The zero-order valence-electron chi connectivity index (χ0n) is 11.9. The first-order valence-electron chi connectivity index (χ1n) is 6.50. The first-order valence-corrected chi connectivity index (χ1v) is 7.89. The maximum absolute atomic E-state index is 5.41. The number of methoxy groups -OCH3 is 1. The third-order valence-corrected chi connectivity index (χ3v) is 3.16. The standard InChI is InChI=1S/C12H28N4OS/c1-11(10-17-2)15-12(16-13)14-8-6-4-5-7-9-18-3/h11H,4-10,13H2,1-3H3,(H2,14,15,16). The van der Waals surface area contributed by atoms with E-state index in [9.17, 15) is 0 Å². The molecule has 0 aliphatic carbocycles. The van der Waals surface area contributed by atoms with Gasteiger partial charge in [-0.2, -0.15) is 11.8 Å². The van der Waals surface area contributed by atoms with Gasteiger partial charge in [0.1, 0.15) is 0 Å². The van der Waals surface area contributed by atoms with E-state index in [1.807, 2.05) is 18.7 Å². The summed E-state index contributed by atoms with van der Waals surface area (Å²) in [5.74, 6) is 7.31. The molecule has 0 fully saturated rings. The van der Waals surface area contributed by atoms with Gasteiger partial charge in [0.15, 0.2) is 0 Å². The molecule has 0 aromatic carbocycles. The number of unbranched alkanes of at least 4 members (excludes halogenated alkanes) is 3. The zero-order chi connectivity index (χ0) is 13.6. The van der Waals surface area contributed by atoms with Crippen molar-refractivity contribution in [2.45, 2.75) is 38.6 Å². The SMILES string of the molecule is COCC(C)NC(=NCCCCCCSC)NN. The highest BCUT2D eigenvalue weighted by molar-refractivity contribution is 7.98. The summed E-state index contributed by atoms with van der Waals surface area (Å²) in [6.45, 7) is 3.47. The number of hydrogen-bond donors (Lipinski definition) is 3. The molecule has 0 radical (unpaired) electrons. The molecular weight excluding hydrogens is 248 g/mol. The number of nitrogens with two attached hydrogens (primary N) is 1. The van der Waals surface area contributed by atoms with Crippen molar-refractivity contribution in [1.82, 2.24) is 10.7 Å². The molecule has 108 valence electrons. The molecule has 0 aromatic rings. The Bertz CT molecular complexity index is 214. The van der Waals surface area contributed by atoms with E-state index < -0.39 is 0 Å². The normalized spacial score (nSPS) is 13.4. The highest BCUT2D eigenvalue weighted by Crippen LogP contribution is 2.04. The lowest BCUT2D eigenvalue weighted by Crippen LogP contribution is -2.46. The Morgan fingerprint density at radius 1 is 1.33 bits per heavy atom. The molecule has 18 heavy (non-hydrogen) atoms. The summed E-state index contributed by atoms with van der Waals surface area (Å²) < 4.78 is 5.04. The summed E-state index contributed by atoms with van der Waals surface area (Å²) in [5, 5.41) is 3.16. The van der Waals surface area contributed by atoms with Gasteiger partial charge in [0.25, 0.3) is 0 Å². The third kappa shape index (κ3) is 10.7. The van der Waals surface area contributed by atoms with E-state index in [1.165, 1.54) is 25.0 Å². The minimum absolute atomic E-state index is 0.200. The van der Waals surface area contributed by atoms with E-state index in [2.05, 4.69) is 22.0 Å². The molecule has 0 aliphatic heterocycles. The summed E-state index contributed by atoms with van der Waals surface area (Å²) in [6.07, 6.45) is 7.08. The largest absolute Gasteiger partial charge is 0.383 e. The Hall–Kier alpha value is -0.460. The Balaban J connectivity index is 3.64. The number of hydrazine groups is 1. The summed E-state index contributed by atoms with van der Waals surface area (Å²) in [5.41, 5.74) is 2.58. The van der Waals surface area contributed by atoms with E-state index >= 15 is 0 Å². The highest BCUT2D eigenvalue weighted by Gasteiger charge is 2.02. The number of ether oxygens (including phenoxy) is 1.